The van der Waals surface area contributed by atoms with E-state index in [2.05, 4.69) is 0 Å². The molecule has 0 aliphatic heterocycles. The van der Waals surface area contributed by atoms with Crippen LogP contribution in [0.1, 0.15) is 13.3 Å². The summed E-state index contributed by atoms with van der Waals surface area (Å²) in [5, 5.41) is 0. The molecule has 0 saturated carbocycles. The van der Waals surface area contributed by atoms with Gasteiger partial charge in [0, 0.05) is 19.7 Å². The highest BCUT2D eigenvalue weighted by molar-refractivity contribution is 5.85. The number of amides is 1. The minimum absolute atomic E-state index is 0.0460. The van der Waals surface area contributed by atoms with Gasteiger partial charge in [0.15, 0.2) is 0 Å². The standard InChI is InChI=1S/C13H22N2O4/c1-3-19-12(16)9-15(6-7-18-2)13(17)10-4-5-11(14)8-10/h4-5,10-11H,3,6-9,14H2,1-2H3. The van der Waals surface area contributed by atoms with Gasteiger partial charge in [-0.25, -0.2) is 0 Å². The molecule has 6 heteroatoms. The first kappa shape index (κ1) is 15.7. The predicted molar refractivity (Wildman–Crippen MR) is 70.3 cm³/mol. The number of ether oxygens (including phenoxy) is 2. The largest absolute Gasteiger partial charge is 0.465 e. The Morgan fingerprint density at radius 2 is 2.16 bits per heavy atom. The molecule has 1 rings (SSSR count). The van der Waals surface area contributed by atoms with E-state index in [1.54, 1.807) is 20.1 Å². The summed E-state index contributed by atoms with van der Waals surface area (Å²) in [6.45, 7) is 2.74. The van der Waals surface area contributed by atoms with E-state index >= 15 is 0 Å². The van der Waals surface area contributed by atoms with E-state index in [4.69, 9.17) is 15.2 Å². The molecule has 0 fully saturated rings. The van der Waals surface area contributed by atoms with Crippen molar-refractivity contribution < 1.29 is 19.1 Å². The maximum absolute atomic E-state index is 12.3. The van der Waals surface area contributed by atoms with Crippen LogP contribution in [0.2, 0.25) is 0 Å². The molecule has 2 unspecified atom stereocenters. The van der Waals surface area contributed by atoms with Crippen LogP contribution < -0.4 is 5.73 Å². The molecule has 0 aromatic carbocycles. The summed E-state index contributed by atoms with van der Waals surface area (Å²) in [6.07, 6.45) is 4.21. The molecule has 19 heavy (non-hydrogen) atoms. The van der Waals surface area contributed by atoms with E-state index in [0.29, 0.717) is 26.2 Å². The molecule has 0 aromatic rings. The first-order chi connectivity index (χ1) is 9.08. The summed E-state index contributed by atoms with van der Waals surface area (Å²) in [5.41, 5.74) is 5.74. The monoisotopic (exact) mass is 270 g/mol. The lowest BCUT2D eigenvalue weighted by Crippen LogP contribution is -2.41. The van der Waals surface area contributed by atoms with E-state index < -0.39 is 5.97 Å². The summed E-state index contributed by atoms with van der Waals surface area (Å²) in [6, 6.07) is -0.0826. The van der Waals surface area contributed by atoms with E-state index in [0.717, 1.165) is 0 Å². The minimum Gasteiger partial charge on any atom is -0.465 e. The van der Waals surface area contributed by atoms with Crippen molar-refractivity contribution in [2.45, 2.75) is 19.4 Å². The summed E-state index contributed by atoms with van der Waals surface area (Å²) in [4.78, 5) is 25.3. The van der Waals surface area contributed by atoms with Crippen LogP contribution in [0.15, 0.2) is 12.2 Å². The molecular formula is C13H22N2O4. The van der Waals surface area contributed by atoms with Gasteiger partial charge in [0.1, 0.15) is 6.54 Å². The Hall–Kier alpha value is -1.40. The third kappa shape index (κ3) is 5.00. The third-order valence-corrected chi connectivity index (χ3v) is 2.94. The quantitative estimate of drug-likeness (QED) is 0.517. The molecule has 1 aliphatic carbocycles. The van der Waals surface area contributed by atoms with E-state index in [-0.39, 0.29) is 24.4 Å². The molecule has 1 aliphatic rings. The van der Waals surface area contributed by atoms with E-state index in [1.165, 1.54) is 4.90 Å². The van der Waals surface area contributed by atoms with Gasteiger partial charge in [-0.2, -0.15) is 0 Å². The fourth-order valence-electron chi connectivity index (χ4n) is 1.98. The van der Waals surface area contributed by atoms with E-state index in [1.807, 2.05) is 6.08 Å². The summed E-state index contributed by atoms with van der Waals surface area (Å²) in [5.74, 6) is -0.756. The van der Waals surface area contributed by atoms with Gasteiger partial charge in [0.05, 0.1) is 19.1 Å². The summed E-state index contributed by atoms with van der Waals surface area (Å²) >= 11 is 0. The number of carbonyl (C=O) groups is 2. The Bertz CT molecular complexity index is 344. The molecule has 0 aromatic heterocycles. The fraction of sp³-hybridized carbons (Fsp3) is 0.692. The molecule has 2 atom stereocenters. The second-order valence-corrected chi connectivity index (χ2v) is 4.45. The average Bonchev–Trinajstić information content (AvgIpc) is 2.80. The van der Waals surface area contributed by atoms with Crippen LogP contribution in [0.5, 0.6) is 0 Å². The molecule has 108 valence electrons. The SMILES string of the molecule is CCOC(=O)CN(CCOC)C(=O)C1C=CC(N)C1. The van der Waals surface area contributed by atoms with Gasteiger partial charge in [0.25, 0.3) is 0 Å². The van der Waals surface area contributed by atoms with Crippen LogP contribution in [0, 0.1) is 5.92 Å². The lowest BCUT2D eigenvalue weighted by molar-refractivity contribution is -0.150. The Kier molecular flexibility index (Phi) is 6.52. The van der Waals surface area contributed by atoms with Crippen molar-refractivity contribution in [1.29, 1.82) is 0 Å². The van der Waals surface area contributed by atoms with Gasteiger partial charge in [-0.05, 0) is 13.3 Å². The van der Waals surface area contributed by atoms with Gasteiger partial charge >= 0.3 is 5.97 Å². The number of nitrogens with zero attached hydrogens (tertiary/aromatic N) is 1. The number of hydrogen-bond donors (Lipinski definition) is 1. The fourth-order valence-corrected chi connectivity index (χ4v) is 1.98. The molecule has 0 heterocycles. The van der Waals surface area contributed by atoms with Crippen molar-refractivity contribution >= 4 is 11.9 Å². The maximum Gasteiger partial charge on any atom is 0.325 e. The number of methoxy groups -OCH3 is 1. The van der Waals surface area contributed by atoms with Gasteiger partial charge in [-0.3, -0.25) is 9.59 Å². The second-order valence-electron chi connectivity index (χ2n) is 4.45. The number of nitrogens with two attached hydrogens (primary N) is 1. The zero-order chi connectivity index (χ0) is 14.3. The van der Waals surface area contributed by atoms with E-state index in [9.17, 15) is 9.59 Å². The molecule has 0 saturated heterocycles. The first-order valence-corrected chi connectivity index (χ1v) is 6.45. The Balaban J connectivity index is 2.59. The highest BCUT2D eigenvalue weighted by Gasteiger charge is 2.28. The van der Waals surface area contributed by atoms with Gasteiger partial charge in [0.2, 0.25) is 5.91 Å². The first-order valence-electron chi connectivity index (χ1n) is 6.45. The van der Waals surface area contributed by atoms with Crippen molar-refractivity contribution in [3.63, 3.8) is 0 Å². The minimum atomic E-state index is -0.404. The van der Waals surface area contributed by atoms with Gasteiger partial charge in [-0.15, -0.1) is 0 Å². The Morgan fingerprint density at radius 3 is 2.68 bits per heavy atom. The van der Waals surface area contributed by atoms with Crippen LogP contribution in [-0.4, -0.2) is 56.2 Å². The molecule has 0 bridgehead atoms. The third-order valence-electron chi connectivity index (χ3n) is 2.94. The van der Waals surface area contributed by atoms with Crippen molar-refractivity contribution in [3.05, 3.63) is 12.2 Å². The highest BCUT2D eigenvalue weighted by atomic mass is 16.5. The van der Waals surface area contributed by atoms with Crippen LogP contribution in [-0.2, 0) is 19.1 Å². The van der Waals surface area contributed by atoms with Crippen molar-refractivity contribution in [1.82, 2.24) is 4.90 Å². The van der Waals surface area contributed by atoms with Crippen LogP contribution in [0.3, 0.4) is 0 Å². The highest BCUT2D eigenvalue weighted by Crippen LogP contribution is 2.19. The number of hydrogen-bond acceptors (Lipinski definition) is 5. The second kappa shape index (κ2) is 7.91. The maximum atomic E-state index is 12.3. The van der Waals surface area contributed by atoms with Crippen LogP contribution in [0.25, 0.3) is 0 Å². The zero-order valence-corrected chi connectivity index (χ0v) is 11.5. The van der Waals surface area contributed by atoms with Crippen molar-refractivity contribution in [2.24, 2.45) is 11.7 Å². The number of esters is 1. The molecular weight excluding hydrogens is 248 g/mol. The topological polar surface area (TPSA) is 81.9 Å². The Morgan fingerprint density at radius 1 is 1.42 bits per heavy atom. The van der Waals surface area contributed by atoms with Crippen molar-refractivity contribution in [3.8, 4) is 0 Å². The molecule has 2 N–H and O–H groups in total. The normalized spacial score (nSPS) is 21.4. The zero-order valence-electron chi connectivity index (χ0n) is 11.5. The predicted octanol–water partition coefficient (Wildman–Crippen LogP) is -0.0721. The van der Waals surface area contributed by atoms with Crippen molar-refractivity contribution in [2.75, 3.05) is 33.4 Å². The summed E-state index contributed by atoms with van der Waals surface area (Å²) in [7, 11) is 1.55. The Labute approximate surface area is 113 Å². The van der Waals surface area contributed by atoms with Gasteiger partial charge in [-0.1, -0.05) is 12.2 Å². The molecule has 0 radical (unpaired) electrons. The molecule has 1 amide bonds. The number of carbonyl (C=O) groups excluding carboxylic acids is 2. The lowest BCUT2D eigenvalue weighted by Gasteiger charge is -2.24. The van der Waals surface area contributed by atoms with Crippen LogP contribution in [0.4, 0.5) is 0 Å². The molecule has 6 nitrogen and oxygen atoms in total. The van der Waals surface area contributed by atoms with Crippen LogP contribution >= 0.6 is 0 Å². The average molecular weight is 270 g/mol. The molecule has 0 spiro atoms. The smallest absolute Gasteiger partial charge is 0.325 e. The van der Waals surface area contributed by atoms with Gasteiger partial charge < -0.3 is 20.1 Å². The summed E-state index contributed by atoms with van der Waals surface area (Å²) < 4.78 is 9.83. The number of rotatable bonds is 7. The lowest BCUT2D eigenvalue weighted by atomic mass is 10.1.